The van der Waals surface area contributed by atoms with E-state index in [1.165, 1.54) is 54.7 Å². The highest BCUT2D eigenvalue weighted by Gasteiger charge is 2.33. The molecule has 1 aliphatic rings. The molecule has 0 radical (unpaired) electrons. The standard InChI is InChI=1S/C26H28NOSi/c1-15-8-9-20-17(3)26-23(16(2)21(20)12-15)25-24-18(10-11-27(25)4)13-19(29(5,6)7)14-22(24)28-26/h8-14H,1-7H3/q+1. The van der Waals surface area contributed by atoms with Crippen molar-refractivity contribution in [2.24, 2.45) is 7.05 Å². The maximum atomic E-state index is 6.70. The molecule has 0 atom stereocenters. The summed E-state index contributed by atoms with van der Waals surface area (Å²) in [6, 6.07) is 13.7. The molecule has 0 fully saturated rings. The van der Waals surface area contributed by atoms with Crippen LogP contribution in [0.15, 0.2) is 42.6 Å². The second-order valence-electron chi connectivity index (χ2n) is 9.57. The maximum Gasteiger partial charge on any atom is 0.228 e. The fourth-order valence-electron chi connectivity index (χ4n) is 4.71. The normalized spacial score (nSPS) is 12.9. The van der Waals surface area contributed by atoms with Crippen LogP contribution in [0.2, 0.25) is 19.6 Å². The van der Waals surface area contributed by atoms with Crippen LogP contribution >= 0.6 is 0 Å². The minimum absolute atomic E-state index is 1.01. The topological polar surface area (TPSA) is 13.1 Å². The molecule has 0 aliphatic carbocycles. The third kappa shape index (κ3) is 2.57. The Bertz CT molecular complexity index is 1350. The van der Waals surface area contributed by atoms with Crippen LogP contribution in [0.4, 0.5) is 0 Å². The van der Waals surface area contributed by atoms with E-state index in [1.807, 2.05) is 0 Å². The van der Waals surface area contributed by atoms with E-state index in [-0.39, 0.29) is 0 Å². The Labute approximate surface area is 173 Å². The molecule has 0 bridgehead atoms. The van der Waals surface area contributed by atoms with Crippen LogP contribution in [-0.4, -0.2) is 8.07 Å². The number of aryl methyl sites for hydroxylation is 4. The SMILES string of the molecule is Cc1ccc2c(C)c3c(c(C)c2c1)-c1c2c(cc([Si](C)(C)C)cc2cc[n+]1C)O3. The number of nitrogens with zero attached hydrogens (tertiary/aromatic N) is 1. The number of ether oxygens (including phenoxy) is 1. The molecule has 146 valence electrons. The van der Waals surface area contributed by atoms with Crippen LogP contribution in [0, 0.1) is 20.8 Å². The van der Waals surface area contributed by atoms with Crippen molar-refractivity contribution < 1.29 is 9.30 Å². The van der Waals surface area contributed by atoms with Gasteiger partial charge in [-0.1, -0.05) is 54.7 Å². The Morgan fingerprint density at radius 3 is 2.34 bits per heavy atom. The third-order valence-corrected chi connectivity index (χ3v) is 8.46. The summed E-state index contributed by atoms with van der Waals surface area (Å²) in [5, 5.41) is 6.56. The van der Waals surface area contributed by atoms with Crippen LogP contribution in [0.5, 0.6) is 11.5 Å². The highest BCUT2D eigenvalue weighted by molar-refractivity contribution is 6.88. The lowest BCUT2D eigenvalue weighted by Crippen LogP contribution is -2.38. The van der Waals surface area contributed by atoms with Gasteiger partial charge in [-0.3, -0.25) is 0 Å². The van der Waals surface area contributed by atoms with Gasteiger partial charge in [-0.05, 0) is 48.6 Å². The van der Waals surface area contributed by atoms with Gasteiger partial charge in [-0.15, -0.1) is 0 Å². The maximum absolute atomic E-state index is 6.70. The molecule has 1 aliphatic heterocycles. The van der Waals surface area contributed by atoms with E-state index < -0.39 is 8.07 Å². The summed E-state index contributed by atoms with van der Waals surface area (Å²) in [6.07, 6.45) is 2.19. The van der Waals surface area contributed by atoms with Gasteiger partial charge >= 0.3 is 0 Å². The molecule has 2 nitrogen and oxygen atoms in total. The van der Waals surface area contributed by atoms with Crippen LogP contribution in [0.1, 0.15) is 16.7 Å². The van der Waals surface area contributed by atoms with E-state index in [1.54, 1.807) is 0 Å². The molecule has 3 heteroatoms. The molecule has 0 saturated carbocycles. The van der Waals surface area contributed by atoms with Crippen molar-refractivity contribution in [3.05, 3.63) is 59.3 Å². The molecular weight excluding hydrogens is 370 g/mol. The van der Waals surface area contributed by atoms with Gasteiger partial charge < -0.3 is 4.74 Å². The average Bonchev–Trinajstić information content (AvgIpc) is 2.67. The van der Waals surface area contributed by atoms with Gasteiger partial charge in [-0.25, -0.2) is 4.57 Å². The quantitative estimate of drug-likeness (QED) is 0.247. The van der Waals surface area contributed by atoms with Crippen molar-refractivity contribution in [3.63, 3.8) is 0 Å². The first-order chi connectivity index (χ1) is 13.7. The first-order valence-electron chi connectivity index (χ1n) is 10.4. The minimum atomic E-state index is -1.46. The number of benzene rings is 3. The zero-order chi connectivity index (χ0) is 20.7. The van der Waals surface area contributed by atoms with Gasteiger partial charge in [0, 0.05) is 11.6 Å². The van der Waals surface area contributed by atoms with Gasteiger partial charge in [0.05, 0.1) is 19.0 Å². The summed E-state index contributed by atoms with van der Waals surface area (Å²) < 4.78 is 8.96. The highest BCUT2D eigenvalue weighted by Crippen LogP contribution is 2.50. The van der Waals surface area contributed by atoms with E-state index in [2.05, 4.69) is 94.6 Å². The number of aromatic nitrogens is 1. The lowest BCUT2D eigenvalue weighted by atomic mass is 9.88. The summed E-state index contributed by atoms with van der Waals surface area (Å²) >= 11 is 0. The van der Waals surface area contributed by atoms with Crippen molar-refractivity contribution in [1.29, 1.82) is 0 Å². The van der Waals surface area contributed by atoms with E-state index in [9.17, 15) is 0 Å². The molecule has 29 heavy (non-hydrogen) atoms. The predicted octanol–water partition coefficient (Wildman–Crippen LogP) is 6.06. The average molecular weight is 399 g/mol. The van der Waals surface area contributed by atoms with Crippen LogP contribution in [0.3, 0.4) is 0 Å². The molecule has 0 saturated heterocycles. The Balaban J connectivity index is 1.97. The van der Waals surface area contributed by atoms with Gasteiger partial charge in [0.2, 0.25) is 5.69 Å². The molecule has 0 amide bonds. The molecule has 2 heterocycles. The first kappa shape index (κ1) is 18.4. The van der Waals surface area contributed by atoms with Crippen molar-refractivity contribution in [3.8, 4) is 22.8 Å². The van der Waals surface area contributed by atoms with E-state index in [0.717, 1.165) is 11.5 Å². The first-order valence-corrected chi connectivity index (χ1v) is 13.9. The number of hydrogen-bond acceptors (Lipinski definition) is 1. The second kappa shape index (κ2) is 5.93. The lowest BCUT2D eigenvalue weighted by Gasteiger charge is -2.26. The minimum Gasteiger partial charge on any atom is -0.455 e. The third-order valence-electron chi connectivity index (χ3n) is 6.44. The van der Waals surface area contributed by atoms with Crippen molar-refractivity contribution in [2.45, 2.75) is 40.4 Å². The fraction of sp³-hybridized carbons (Fsp3) is 0.269. The molecule has 3 aromatic carbocycles. The Morgan fingerprint density at radius 1 is 0.862 bits per heavy atom. The van der Waals surface area contributed by atoms with Gasteiger partial charge in [0.25, 0.3) is 0 Å². The van der Waals surface area contributed by atoms with Crippen LogP contribution < -0.4 is 14.5 Å². The van der Waals surface area contributed by atoms with E-state index >= 15 is 0 Å². The zero-order valence-corrected chi connectivity index (χ0v) is 19.4. The van der Waals surface area contributed by atoms with Crippen molar-refractivity contribution >= 4 is 34.8 Å². The second-order valence-corrected chi connectivity index (χ2v) is 14.6. The summed E-state index contributed by atoms with van der Waals surface area (Å²) in [7, 11) is 0.690. The lowest BCUT2D eigenvalue weighted by molar-refractivity contribution is -0.659. The fourth-order valence-corrected chi connectivity index (χ4v) is 5.87. The monoisotopic (exact) mass is 398 g/mol. The summed E-state index contributed by atoms with van der Waals surface area (Å²) in [5.41, 5.74) is 6.32. The molecule has 4 aromatic rings. The molecular formula is C26H28NOSi+. The molecule has 0 N–H and O–H groups in total. The van der Waals surface area contributed by atoms with Crippen LogP contribution in [0.25, 0.3) is 32.8 Å². The zero-order valence-electron chi connectivity index (χ0n) is 18.4. The number of pyridine rings is 1. The van der Waals surface area contributed by atoms with Crippen molar-refractivity contribution in [1.82, 2.24) is 0 Å². The highest BCUT2D eigenvalue weighted by atomic mass is 28.3. The number of fused-ring (bicyclic) bond motifs is 3. The van der Waals surface area contributed by atoms with Gasteiger partial charge in [0.15, 0.2) is 6.20 Å². The molecule has 5 rings (SSSR count). The molecule has 0 unspecified atom stereocenters. The molecule has 1 aromatic heterocycles. The molecule has 0 spiro atoms. The van der Waals surface area contributed by atoms with Crippen LogP contribution in [-0.2, 0) is 7.05 Å². The summed E-state index contributed by atoms with van der Waals surface area (Å²) in [4.78, 5) is 0. The Kier molecular flexibility index (Phi) is 3.76. The van der Waals surface area contributed by atoms with Gasteiger partial charge in [0.1, 0.15) is 18.5 Å². The smallest absolute Gasteiger partial charge is 0.228 e. The van der Waals surface area contributed by atoms with E-state index in [4.69, 9.17) is 4.74 Å². The number of hydrogen-bond donors (Lipinski definition) is 0. The van der Waals surface area contributed by atoms with Crippen molar-refractivity contribution in [2.75, 3.05) is 0 Å². The number of rotatable bonds is 1. The largest absolute Gasteiger partial charge is 0.455 e. The Morgan fingerprint density at radius 2 is 1.62 bits per heavy atom. The predicted molar refractivity (Wildman–Crippen MR) is 125 cm³/mol. The Hall–Kier alpha value is -2.65. The van der Waals surface area contributed by atoms with Gasteiger partial charge in [-0.2, -0.15) is 0 Å². The summed E-state index contributed by atoms with van der Waals surface area (Å²) in [5.74, 6) is 2.02. The van der Waals surface area contributed by atoms with E-state index in [0.29, 0.717) is 0 Å². The summed E-state index contributed by atoms with van der Waals surface area (Å²) in [6.45, 7) is 13.8.